The topological polar surface area (TPSA) is 87.2 Å². The number of benzene rings is 1. The highest BCUT2D eigenvalue weighted by Crippen LogP contribution is 2.28. The van der Waals surface area contributed by atoms with Crippen LogP contribution in [-0.4, -0.2) is 53.2 Å². The Balaban J connectivity index is 1.43. The van der Waals surface area contributed by atoms with Gasteiger partial charge in [0.2, 0.25) is 5.95 Å². The van der Waals surface area contributed by atoms with Gasteiger partial charge in [-0.25, -0.2) is 15.0 Å². The quantitative estimate of drug-likeness (QED) is 0.477. The Hall–Kier alpha value is -3.07. The second-order valence-corrected chi connectivity index (χ2v) is 7.92. The van der Waals surface area contributed by atoms with Crippen molar-refractivity contribution in [2.45, 2.75) is 17.8 Å². The maximum absolute atomic E-state index is 12.2. The molecule has 30 heavy (non-hydrogen) atoms. The van der Waals surface area contributed by atoms with Crippen molar-refractivity contribution in [3.05, 3.63) is 64.3 Å². The highest BCUT2D eigenvalue weighted by Gasteiger charge is 2.21. The molecular formula is C21H24N6O2S. The zero-order valence-corrected chi connectivity index (χ0v) is 17.9. The summed E-state index contributed by atoms with van der Waals surface area (Å²) in [6.07, 6.45) is 1.74. The van der Waals surface area contributed by atoms with Gasteiger partial charge in [-0.05, 0) is 25.1 Å². The maximum atomic E-state index is 12.2. The van der Waals surface area contributed by atoms with Gasteiger partial charge in [0.15, 0.2) is 5.16 Å². The van der Waals surface area contributed by atoms with Crippen LogP contribution in [0.5, 0.6) is 5.75 Å². The number of piperazine rings is 1. The smallest absolute Gasteiger partial charge is 0.252 e. The number of nitrogens with one attached hydrogen (secondary N) is 1. The molecule has 1 aliphatic rings. The number of methoxy groups -OCH3 is 1. The van der Waals surface area contributed by atoms with Crippen molar-refractivity contribution in [2.24, 2.45) is 0 Å². The molecule has 3 heterocycles. The van der Waals surface area contributed by atoms with Crippen LogP contribution < -0.4 is 20.1 Å². The van der Waals surface area contributed by atoms with E-state index in [4.69, 9.17) is 4.74 Å². The first-order chi connectivity index (χ1) is 14.6. The summed E-state index contributed by atoms with van der Waals surface area (Å²) < 4.78 is 5.48. The molecule has 0 saturated carbocycles. The third-order valence-electron chi connectivity index (χ3n) is 4.91. The summed E-state index contributed by atoms with van der Waals surface area (Å²) in [5, 5.41) is 0.684. The highest BCUT2D eigenvalue weighted by molar-refractivity contribution is 7.98. The molecule has 2 aromatic heterocycles. The highest BCUT2D eigenvalue weighted by atomic mass is 32.2. The van der Waals surface area contributed by atoms with Crippen LogP contribution in [-0.2, 0) is 5.75 Å². The van der Waals surface area contributed by atoms with E-state index in [0.717, 1.165) is 49.0 Å². The molecule has 1 fully saturated rings. The fourth-order valence-corrected chi connectivity index (χ4v) is 4.17. The lowest BCUT2D eigenvalue weighted by atomic mass is 10.2. The molecule has 0 unspecified atom stereocenters. The normalized spacial score (nSPS) is 14.1. The third-order valence-corrected chi connectivity index (χ3v) is 5.80. The fraction of sp³-hybridized carbons (Fsp3) is 0.333. The minimum Gasteiger partial charge on any atom is -0.495 e. The second kappa shape index (κ2) is 9.17. The van der Waals surface area contributed by atoms with Crippen molar-refractivity contribution in [1.29, 1.82) is 0 Å². The van der Waals surface area contributed by atoms with Crippen LogP contribution >= 0.6 is 11.8 Å². The summed E-state index contributed by atoms with van der Waals surface area (Å²) >= 11 is 1.48. The summed E-state index contributed by atoms with van der Waals surface area (Å²) in [6.45, 7) is 5.09. The van der Waals surface area contributed by atoms with Crippen LogP contribution in [0.15, 0.2) is 52.5 Å². The second-order valence-electron chi connectivity index (χ2n) is 6.98. The van der Waals surface area contributed by atoms with E-state index in [2.05, 4.69) is 35.8 Å². The average molecular weight is 425 g/mol. The van der Waals surface area contributed by atoms with Crippen molar-refractivity contribution in [2.75, 3.05) is 43.1 Å². The molecule has 9 heteroatoms. The van der Waals surface area contributed by atoms with Crippen molar-refractivity contribution in [3.63, 3.8) is 0 Å². The summed E-state index contributed by atoms with van der Waals surface area (Å²) in [6, 6.07) is 11.4. The Kier molecular flexibility index (Phi) is 6.18. The molecule has 1 saturated heterocycles. The van der Waals surface area contributed by atoms with Crippen LogP contribution in [0.2, 0.25) is 0 Å². The SMILES string of the molecule is COc1ccccc1N1CCN(c2nc(CSc3nccc(C)n3)cc(=O)[nH]2)CC1. The molecule has 8 nitrogen and oxygen atoms in total. The predicted molar refractivity (Wildman–Crippen MR) is 119 cm³/mol. The van der Waals surface area contributed by atoms with E-state index in [0.29, 0.717) is 16.9 Å². The van der Waals surface area contributed by atoms with E-state index in [1.165, 1.54) is 17.8 Å². The molecule has 1 aromatic carbocycles. The maximum Gasteiger partial charge on any atom is 0.252 e. The fourth-order valence-electron chi connectivity index (χ4n) is 3.40. The minimum atomic E-state index is -0.145. The number of anilines is 2. The van der Waals surface area contributed by atoms with Crippen LogP contribution in [0, 0.1) is 6.92 Å². The zero-order valence-electron chi connectivity index (χ0n) is 17.0. The van der Waals surface area contributed by atoms with Gasteiger partial charge in [0.05, 0.1) is 18.5 Å². The number of aryl methyl sites for hydroxylation is 1. The van der Waals surface area contributed by atoms with Gasteiger partial charge in [0, 0.05) is 49.9 Å². The lowest BCUT2D eigenvalue weighted by Gasteiger charge is -2.36. The molecule has 1 aliphatic heterocycles. The average Bonchev–Trinajstić information content (AvgIpc) is 2.77. The van der Waals surface area contributed by atoms with E-state index in [1.54, 1.807) is 13.3 Å². The van der Waals surface area contributed by atoms with Crippen LogP contribution in [0.1, 0.15) is 11.4 Å². The van der Waals surface area contributed by atoms with E-state index in [-0.39, 0.29) is 5.56 Å². The molecule has 0 aliphatic carbocycles. The van der Waals surface area contributed by atoms with Gasteiger partial charge >= 0.3 is 0 Å². The van der Waals surface area contributed by atoms with Crippen molar-refractivity contribution >= 4 is 23.4 Å². The van der Waals surface area contributed by atoms with Gasteiger partial charge in [-0.1, -0.05) is 23.9 Å². The molecule has 0 amide bonds. The zero-order chi connectivity index (χ0) is 20.9. The molecule has 156 valence electrons. The van der Waals surface area contributed by atoms with Crippen molar-refractivity contribution < 1.29 is 4.74 Å². The molecule has 0 atom stereocenters. The Morgan fingerprint density at radius 3 is 2.63 bits per heavy atom. The van der Waals surface area contributed by atoms with Gasteiger partial charge in [0.25, 0.3) is 5.56 Å². The third kappa shape index (κ3) is 4.73. The Labute approximate surface area is 179 Å². The molecule has 0 radical (unpaired) electrons. The molecule has 4 rings (SSSR count). The first-order valence-electron chi connectivity index (χ1n) is 9.78. The number of rotatable bonds is 6. The van der Waals surface area contributed by atoms with Gasteiger partial charge in [-0.3, -0.25) is 9.78 Å². The van der Waals surface area contributed by atoms with E-state index < -0.39 is 0 Å². The lowest BCUT2D eigenvalue weighted by molar-refractivity contribution is 0.413. The summed E-state index contributed by atoms with van der Waals surface area (Å²) in [7, 11) is 1.69. The molecule has 3 aromatic rings. The molecule has 1 N–H and O–H groups in total. The molecular weight excluding hydrogens is 400 g/mol. The predicted octanol–water partition coefficient (Wildman–Crippen LogP) is 2.50. The van der Waals surface area contributed by atoms with Gasteiger partial charge in [0.1, 0.15) is 5.75 Å². The van der Waals surface area contributed by atoms with E-state index in [9.17, 15) is 4.79 Å². The number of hydrogen-bond acceptors (Lipinski definition) is 8. The number of aromatic amines is 1. The number of aromatic nitrogens is 4. The first kappa shape index (κ1) is 20.2. The largest absolute Gasteiger partial charge is 0.495 e. The van der Waals surface area contributed by atoms with Crippen molar-refractivity contribution in [3.8, 4) is 5.75 Å². The summed E-state index contributed by atoms with van der Waals surface area (Å²) in [5.41, 5.74) is 2.58. The number of thioether (sulfide) groups is 1. The monoisotopic (exact) mass is 424 g/mol. The number of H-pyrrole nitrogens is 1. The van der Waals surface area contributed by atoms with Gasteiger partial charge in [-0.2, -0.15) is 0 Å². The summed E-state index contributed by atoms with van der Waals surface area (Å²) in [4.78, 5) is 32.8. The van der Waals surface area contributed by atoms with Crippen LogP contribution in [0.4, 0.5) is 11.6 Å². The molecule has 0 spiro atoms. The Bertz CT molecular complexity index is 1070. The van der Waals surface area contributed by atoms with E-state index >= 15 is 0 Å². The first-order valence-corrected chi connectivity index (χ1v) is 10.8. The number of ether oxygens (including phenoxy) is 1. The van der Waals surface area contributed by atoms with Crippen LogP contribution in [0.3, 0.4) is 0 Å². The number of nitrogens with zero attached hydrogens (tertiary/aromatic N) is 5. The standard InChI is InChI=1S/C21H24N6O2S/c1-15-7-8-22-21(23-15)30-14-16-13-19(28)25-20(24-16)27-11-9-26(10-12-27)17-5-3-4-6-18(17)29-2/h3-8,13H,9-12,14H2,1-2H3,(H,24,25,28). The van der Waals surface area contributed by atoms with Crippen LogP contribution in [0.25, 0.3) is 0 Å². The Morgan fingerprint density at radius 1 is 1.10 bits per heavy atom. The van der Waals surface area contributed by atoms with Gasteiger partial charge < -0.3 is 14.5 Å². The van der Waals surface area contributed by atoms with Gasteiger partial charge in [-0.15, -0.1) is 0 Å². The van der Waals surface area contributed by atoms with E-state index in [1.807, 2.05) is 31.2 Å². The Morgan fingerprint density at radius 2 is 1.87 bits per heavy atom. The summed E-state index contributed by atoms with van der Waals surface area (Å²) in [5.74, 6) is 2.03. The lowest BCUT2D eigenvalue weighted by Crippen LogP contribution is -2.47. The number of para-hydroxylation sites is 2. The minimum absolute atomic E-state index is 0.145. The molecule has 0 bridgehead atoms. The van der Waals surface area contributed by atoms with Crippen molar-refractivity contribution in [1.82, 2.24) is 19.9 Å². The number of hydrogen-bond donors (Lipinski definition) is 1.